The number of furan rings is 1. The minimum Gasteiger partial charge on any atom is -0.457 e. The molecule has 0 bridgehead atoms. The molecule has 1 saturated carbocycles. The number of nitrogens with zero attached hydrogens (tertiary/aromatic N) is 3. The minimum absolute atomic E-state index is 0.522. The summed E-state index contributed by atoms with van der Waals surface area (Å²) in [5, 5.41) is 0.936. The van der Waals surface area contributed by atoms with Crippen LogP contribution in [-0.2, 0) is 11.3 Å². The number of aromatic nitrogens is 2. The van der Waals surface area contributed by atoms with Crippen LogP contribution in [0.4, 0.5) is 5.82 Å². The fourth-order valence-electron chi connectivity index (χ4n) is 3.22. The molecule has 0 spiro atoms. The highest BCUT2D eigenvalue weighted by molar-refractivity contribution is 7.18. The second-order valence-electron chi connectivity index (χ2n) is 6.73. The van der Waals surface area contributed by atoms with Crippen molar-refractivity contribution < 1.29 is 9.15 Å². The zero-order valence-electron chi connectivity index (χ0n) is 15.9. The molecule has 6 nitrogen and oxygen atoms in total. The van der Waals surface area contributed by atoms with Crippen molar-refractivity contribution in [3.8, 4) is 11.6 Å². The smallest absolute Gasteiger partial charge is 0.199 e. The molecule has 1 aliphatic heterocycles. The highest BCUT2D eigenvalue weighted by atomic mass is 32.1. The van der Waals surface area contributed by atoms with E-state index in [2.05, 4.69) is 16.0 Å². The monoisotopic (exact) mass is 386 g/mol. The number of nitrogen functional groups attached to an aromatic ring is 1. The van der Waals surface area contributed by atoms with Crippen molar-refractivity contribution in [2.24, 2.45) is 0 Å². The van der Waals surface area contributed by atoms with Crippen LogP contribution < -0.4 is 5.73 Å². The SMILES string of the molecule is CC.Nc1nc(-c2ccc(C3CC3)o2)nc2sc(CN3CCOCC3)cc12. The lowest BCUT2D eigenvalue weighted by Crippen LogP contribution is -2.35. The average Bonchev–Trinajstić information content (AvgIpc) is 3.27. The van der Waals surface area contributed by atoms with E-state index in [1.165, 1.54) is 17.7 Å². The molecule has 0 amide bonds. The molecule has 4 heterocycles. The third kappa shape index (κ3) is 4.00. The molecule has 0 unspecified atom stereocenters. The predicted octanol–water partition coefficient (Wildman–Crippen LogP) is 4.27. The largest absolute Gasteiger partial charge is 0.457 e. The normalized spacial score (nSPS) is 17.7. The quantitative estimate of drug-likeness (QED) is 0.721. The van der Waals surface area contributed by atoms with E-state index in [-0.39, 0.29) is 0 Å². The van der Waals surface area contributed by atoms with E-state index >= 15 is 0 Å². The lowest BCUT2D eigenvalue weighted by atomic mass is 10.3. The molecular weight excluding hydrogens is 360 g/mol. The van der Waals surface area contributed by atoms with Crippen LogP contribution in [-0.4, -0.2) is 41.2 Å². The summed E-state index contributed by atoms with van der Waals surface area (Å²) >= 11 is 1.68. The minimum atomic E-state index is 0.522. The highest BCUT2D eigenvalue weighted by Gasteiger charge is 2.27. The maximum absolute atomic E-state index is 6.20. The summed E-state index contributed by atoms with van der Waals surface area (Å²) in [5.74, 6) is 3.43. The van der Waals surface area contributed by atoms with Crippen molar-refractivity contribution in [3.05, 3.63) is 28.8 Å². The van der Waals surface area contributed by atoms with Gasteiger partial charge in [-0.05, 0) is 31.0 Å². The van der Waals surface area contributed by atoms with Gasteiger partial charge in [-0.2, -0.15) is 0 Å². The van der Waals surface area contributed by atoms with E-state index in [1.807, 2.05) is 26.0 Å². The molecule has 5 rings (SSSR count). The van der Waals surface area contributed by atoms with Crippen LogP contribution in [0.2, 0.25) is 0 Å². The van der Waals surface area contributed by atoms with Gasteiger partial charge in [0.2, 0.25) is 0 Å². The molecule has 7 heteroatoms. The molecule has 3 aromatic heterocycles. The Morgan fingerprint density at radius 2 is 1.96 bits per heavy atom. The molecule has 1 saturated heterocycles. The predicted molar refractivity (Wildman–Crippen MR) is 109 cm³/mol. The summed E-state index contributed by atoms with van der Waals surface area (Å²) in [4.78, 5) is 13.8. The Kier molecular flexibility index (Phi) is 5.43. The maximum atomic E-state index is 6.20. The molecule has 1 aliphatic carbocycles. The van der Waals surface area contributed by atoms with Gasteiger partial charge in [-0.25, -0.2) is 9.97 Å². The van der Waals surface area contributed by atoms with Gasteiger partial charge in [0.25, 0.3) is 0 Å². The van der Waals surface area contributed by atoms with Gasteiger partial charge in [0.05, 0.1) is 18.6 Å². The van der Waals surface area contributed by atoms with Crippen LogP contribution in [0.25, 0.3) is 21.8 Å². The van der Waals surface area contributed by atoms with Crippen LogP contribution >= 0.6 is 11.3 Å². The third-order valence-electron chi connectivity index (χ3n) is 4.78. The van der Waals surface area contributed by atoms with E-state index in [9.17, 15) is 0 Å². The lowest BCUT2D eigenvalue weighted by molar-refractivity contribution is 0.0346. The van der Waals surface area contributed by atoms with E-state index in [1.54, 1.807) is 11.3 Å². The lowest BCUT2D eigenvalue weighted by Gasteiger charge is -2.25. The zero-order chi connectivity index (χ0) is 18.8. The number of hydrogen-bond donors (Lipinski definition) is 1. The number of fused-ring (bicyclic) bond motifs is 1. The maximum Gasteiger partial charge on any atom is 0.199 e. The number of hydrogen-bond acceptors (Lipinski definition) is 7. The van der Waals surface area contributed by atoms with Crippen LogP contribution in [0.15, 0.2) is 22.6 Å². The number of nitrogens with two attached hydrogens (primary N) is 1. The fourth-order valence-corrected chi connectivity index (χ4v) is 4.30. The summed E-state index contributed by atoms with van der Waals surface area (Å²) in [5.41, 5.74) is 6.20. The Morgan fingerprint density at radius 1 is 1.19 bits per heavy atom. The van der Waals surface area contributed by atoms with Crippen molar-refractivity contribution in [2.75, 3.05) is 32.0 Å². The van der Waals surface area contributed by atoms with Crippen LogP contribution in [0.5, 0.6) is 0 Å². The van der Waals surface area contributed by atoms with Gasteiger partial charge in [0.15, 0.2) is 11.6 Å². The van der Waals surface area contributed by atoms with Crippen molar-refractivity contribution in [3.63, 3.8) is 0 Å². The molecule has 0 atom stereocenters. The number of rotatable bonds is 4. The van der Waals surface area contributed by atoms with Gasteiger partial charge < -0.3 is 14.9 Å². The summed E-state index contributed by atoms with van der Waals surface area (Å²) < 4.78 is 11.3. The molecule has 2 fully saturated rings. The van der Waals surface area contributed by atoms with Crippen molar-refractivity contribution in [2.45, 2.75) is 39.2 Å². The molecule has 2 aliphatic rings. The van der Waals surface area contributed by atoms with Crippen LogP contribution in [0, 0.1) is 0 Å². The second kappa shape index (κ2) is 7.96. The summed E-state index contributed by atoms with van der Waals surface area (Å²) in [6.45, 7) is 8.46. The van der Waals surface area contributed by atoms with Crippen LogP contribution in [0.1, 0.15) is 43.2 Å². The standard InChI is InChI=1S/C18H20N4O2S.C2H6/c19-16-13-9-12(10-22-5-7-23-8-6-22)25-18(13)21-17(20-16)15-4-3-14(24-15)11-1-2-11;1-2/h3-4,9,11H,1-2,5-8,10H2,(H2,19,20,21);1-2H3. The third-order valence-corrected chi connectivity index (χ3v) is 5.80. The number of anilines is 1. The highest BCUT2D eigenvalue weighted by Crippen LogP contribution is 2.42. The summed E-state index contributed by atoms with van der Waals surface area (Å²) in [6.07, 6.45) is 2.43. The Labute approximate surface area is 163 Å². The number of ether oxygens (including phenoxy) is 1. The van der Waals surface area contributed by atoms with Crippen LogP contribution in [0.3, 0.4) is 0 Å². The molecule has 2 N–H and O–H groups in total. The average molecular weight is 387 g/mol. The first-order valence-electron chi connectivity index (χ1n) is 9.72. The Balaban J connectivity index is 0.000000872. The van der Waals surface area contributed by atoms with Crippen molar-refractivity contribution in [1.82, 2.24) is 14.9 Å². The van der Waals surface area contributed by atoms with E-state index < -0.39 is 0 Å². The van der Waals surface area contributed by atoms with E-state index in [4.69, 9.17) is 19.9 Å². The van der Waals surface area contributed by atoms with Crippen molar-refractivity contribution >= 4 is 27.4 Å². The van der Waals surface area contributed by atoms with Gasteiger partial charge in [-0.3, -0.25) is 4.90 Å². The Hall–Kier alpha value is -1.96. The Morgan fingerprint density at radius 3 is 2.70 bits per heavy atom. The Bertz CT molecular complexity index is 910. The molecule has 27 heavy (non-hydrogen) atoms. The molecular formula is C20H26N4O2S. The molecule has 144 valence electrons. The molecule has 0 radical (unpaired) electrons. The van der Waals surface area contributed by atoms with Gasteiger partial charge in [-0.1, -0.05) is 13.8 Å². The van der Waals surface area contributed by atoms with E-state index in [0.29, 0.717) is 23.3 Å². The van der Waals surface area contributed by atoms with Gasteiger partial charge in [-0.15, -0.1) is 11.3 Å². The molecule has 3 aromatic rings. The zero-order valence-corrected chi connectivity index (χ0v) is 16.7. The van der Waals surface area contributed by atoms with Gasteiger partial charge >= 0.3 is 0 Å². The van der Waals surface area contributed by atoms with Gasteiger partial charge in [0, 0.05) is 30.4 Å². The van der Waals surface area contributed by atoms with E-state index in [0.717, 1.165) is 48.8 Å². The first kappa shape index (κ1) is 18.4. The summed E-state index contributed by atoms with van der Waals surface area (Å²) in [7, 11) is 0. The number of thiophene rings is 1. The fraction of sp³-hybridized carbons (Fsp3) is 0.500. The van der Waals surface area contributed by atoms with Crippen molar-refractivity contribution in [1.29, 1.82) is 0 Å². The van der Waals surface area contributed by atoms with Gasteiger partial charge in [0.1, 0.15) is 16.4 Å². The second-order valence-corrected chi connectivity index (χ2v) is 7.84. The first-order valence-corrected chi connectivity index (χ1v) is 10.5. The molecule has 0 aromatic carbocycles. The number of morpholine rings is 1. The topological polar surface area (TPSA) is 77.4 Å². The first-order chi connectivity index (χ1) is 13.3. The summed E-state index contributed by atoms with van der Waals surface area (Å²) in [6, 6.07) is 6.11.